The van der Waals surface area contributed by atoms with Crippen LogP contribution in [0, 0.1) is 6.92 Å². The SMILES string of the molecule is COc1cc(CNC(=O)c2cc(C)on2)ccc1OC[C@H]1CCCO1. The number of hydrogen-bond donors (Lipinski definition) is 1. The monoisotopic (exact) mass is 346 g/mol. The predicted molar refractivity (Wildman–Crippen MR) is 89.9 cm³/mol. The molecule has 1 aliphatic rings. The van der Waals surface area contributed by atoms with E-state index in [1.165, 1.54) is 0 Å². The van der Waals surface area contributed by atoms with E-state index in [2.05, 4.69) is 10.5 Å². The fourth-order valence-electron chi connectivity index (χ4n) is 2.65. The van der Waals surface area contributed by atoms with Crippen LogP contribution in [0.25, 0.3) is 0 Å². The summed E-state index contributed by atoms with van der Waals surface area (Å²) in [4.78, 5) is 12.0. The van der Waals surface area contributed by atoms with E-state index in [-0.39, 0.29) is 17.7 Å². The van der Waals surface area contributed by atoms with Crippen LogP contribution in [0.15, 0.2) is 28.8 Å². The zero-order valence-electron chi connectivity index (χ0n) is 14.4. The minimum absolute atomic E-state index is 0.148. The quantitative estimate of drug-likeness (QED) is 0.829. The largest absolute Gasteiger partial charge is 0.493 e. The average molecular weight is 346 g/mol. The lowest BCUT2D eigenvalue weighted by atomic mass is 10.2. The highest BCUT2D eigenvalue weighted by Crippen LogP contribution is 2.29. The van der Waals surface area contributed by atoms with Gasteiger partial charge in [-0.25, -0.2) is 0 Å². The van der Waals surface area contributed by atoms with Crippen LogP contribution in [0.1, 0.15) is 34.7 Å². The summed E-state index contributed by atoms with van der Waals surface area (Å²) in [6, 6.07) is 7.17. The minimum Gasteiger partial charge on any atom is -0.493 e. The third-order valence-electron chi connectivity index (χ3n) is 3.99. The van der Waals surface area contributed by atoms with Crippen LogP contribution in [0.3, 0.4) is 0 Å². The maximum atomic E-state index is 12.0. The fraction of sp³-hybridized carbons (Fsp3) is 0.444. The number of nitrogens with one attached hydrogen (secondary N) is 1. The van der Waals surface area contributed by atoms with Crippen LogP contribution >= 0.6 is 0 Å². The van der Waals surface area contributed by atoms with E-state index in [9.17, 15) is 4.79 Å². The number of aromatic nitrogens is 1. The second kappa shape index (κ2) is 8.02. The van der Waals surface area contributed by atoms with E-state index >= 15 is 0 Å². The molecular weight excluding hydrogens is 324 g/mol. The van der Waals surface area contributed by atoms with Crippen molar-refractivity contribution in [3.63, 3.8) is 0 Å². The normalized spacial score (nSPS) is 16.6. The Kier molecular flexibility index (Phi) is 5.55. The maximum Gasteiger partial charge on any atom is 0.273 e. The number of rotatable bonds is 7. The van der Waals surface area contributed by atoms with Crippen LogP contribution in [0.4, 0.5) is 0 Å². The number of aryl methyl sites for hydroxylation is 1. The number of carbonyl (C=O) groups is 1. The molecular formula is C18H22N2O5. The predicted octanol–water partition coefficient (Wildman–Crippen LogP) is 2.48. The van der Waals surface area contributed by atoms with Gasteiger partial charge in [0, 0.05) is 19.2 Å². The number of nitrogens with zero attached hydrogens (tertiary/aromatic N) is 1. The zero-order chi connectivity index (χ0) is 17.6. The Bertz CT molecular complexity index is 722. The van der Waals surface area contributed by atoms with Gasteiger partial charge in [0.2, 0.25) is 0 Å². The van der Waals surface area contributed by atoms with E-state index < -0.39 is 0 Å². The van der Waals surface area contributed by atoms with Crippen molar-refractivity contribution in [2.75, 3.05) is 20.3 Å². The van der Waals surface area contributed by atoms with E-state index in [4.69, 9.17) is 18.7 Å². The number of ether oxygens (including phenoxy) is 3. The molecule has 25 heavy (non-hydrogen) atoms. The first-order valence-electron chi connectivity index (χ1n) is 8.28. The Balaban J connectivity index is 1.57. The molecule has 0 spiro atoms. The van der Waals surface area contributed by atoms with Crippen LogP contribution in [0.5, 0.6) is 11.5 Å². The van der Waals surface area contributed by atoms with Crippen LogP contribution in [0.2, 0.25) is 0 Å². The van der Waals surface area contributed by atoms with Gasteiger partial charge < -0.3 is 24.1 Å². The Morgan fingerprint density at radius 2 is 2.24 bits per heavy atom. The van der Waals surface area contributed by atoms with Crippen molar-refractivity contribution in [2.24, 2.45) is 0 Å². The highest BCUT2D eigenvalue weighted by molar-refractivity contribution is 5.92. The van der Waals surface area contributed by atoms with Gasteiger partial charge in [0.05, 0.1) is 13.2 Å². The first-order valence-corrected chi connectivity index (χ1v) is 8.28. The van der Waals surface area contributed by atoms with Crippen LogP contribution < -0.4 is 14.8 Å². The minimum atomic E-state index is -0.283. The second-order valence-electron chi connectivity index (χ2n) is 5.94. The molecule has 0 aliphatic carbocycles. The van der Waals surface area contributed by atoms with E-state index in [1.807, 2.05) is 18.2 Å². The smallest absolute Gasteiger partial charge is 0.273 e. The van der Waals surface area contributed by atoms with E-state index in [0.29, 0.717) is 30.4 Å². The molecule has 3 rings (SSSR count). The van der Waals surface area contributed by atoms with Gasteiger partial charge in [0.15, 0.2) is 17.2 Å². The fourth-order valence-corrected chi connectivity index (χ4v) is 2.65. The number of amides is 1. The summed E-state index contributed by atoms with van der Waals surface area (Å²) in [6.07, 6.45) is 2.25. The number of carbonyl (C=O) groups excluding carboxylic acids is 1. The van der Waals surface area contributed by atoms with Gasteiger partial charge >= 0.3 is 0 Å². The summed E-state index contributed by atoms with van der Waals surface area (Å²) in [6.45, 7) is 3.41. The van der Waals surface area contributed by atoms with Gasteiger partial charge in [0.25, 0.3) is 5.91 Å². The van der Waals surface area contributed by atoms with E-state index in [0.717, 1.165) is 25.0 Å². The second-order valence-corrected chi connectivity index (χ2v) is 5.94. The first-order chi connectivity index (χ1) is 12.2. The molecule has 1 aromatic heterocycles. The van der Waals surface area contributed by atoms with Gasteiger partial charge in [0.1, 0.15) is 12.4 Å². The highest BCUT2D eigenvalue weighted by Gasteiger charge is 2.17. The van der Waals surface area contributed by atoms with Gasteiger partial charge in [-0.15, -0.1) is 0 Å². The van der Waals surface area contributed by atoms with Gasteiger partial charge in [-0.2, -0.15) is 0 Å². The molecule has 1 saturated heterocycles. The molecule has 7 heteroatoms. The third-order valence-corrected chi connectivity index (χ3v) is 3.99. The van der Waals surface area contributed by atoms with Gasteiger partial charge in [-0.05, 0) is 37.5 Å². The third kappa shape index (κ3) is 4.51. The molecule has 1 fully saturated rings. The summed E-state index contributed by atoms with van der Waals surface area (Å²) < 4.78 is 21.7. The lowest BCUT2D eigenvalue weighted by Crippen LogP contribution is -2.23. The highest BCUT2D eigenvalue weighted by atomic mass is 16.5. The molecule has 1 N–H and O–H groups in total. The summed E-state index contributed by atoms with van der Waals surface area (Å²) in [5.74, 6) is 1.61. The first kappa shape index (κ1) is 17.3. The molecule has 0 bridgehead atoms. The Morgan fingerprint density at radius 1 is 1.36 bits per heavy atom. The maximum absolute atomic E-state index is 12.0. The molecule has 7 nitrogen and oxygen atoms in total. The number of hydrogen-bond acceptors (Lipinski definition) is 6. The van der Waals surface area contributed by atoms with Crippen molar-refractivity contribution in [1.29, 1.82) is 0 Å². The van der Waals surface area contributed by atoms with Crippen LogP contribution in [-0.2, 0) is 11.3 Å². The number of benzene rings is 1. The molecule has 2 heterocycles. The number of methoxy groups -OCH3 is 1. The van der Waals surface area contributed by atoms with Crippen molar-refractivity contribution in [3.05, 3.63) is 41.3 Å². The molecule has 0 radical (unpaired) electrons. The Morgan fingerprint density at radius 3 is 2.92 bits per heavy atom. The molecule has 0 saturated carbocycles. The van der Waals surface area contributed by atoms with Crippen molar-refractivity contribution in [1.82, 2.24) is 10.5 Å². The molecule has 0 unspecified atom stereocenters. The Hall–Kier alpha value is -2.54. The molecule has 1 aromatic carbocycles. The Labute approximate surface area is 146 Å². The molecule has 1 atom stereocenters. The van der Waals surface area contributed by atoms with Crippen molar-refractivity contribution in [2.45, 2.75) is 32.4 Å². The topological polar surface area (TPSA) is 82.8 Å². The van der Waals surface area contributed by atoms with Crippen molar-refractivity contribution in [3.8, 4) is 11.5 Å². The average Bonchev–Trinajstić information content (AvgIpc) is 3.29. The van der Waals surface area contributed by atoms with Crippen molar-refractivity contribution >= 4 is 5.91 Å². The lowest BCUT2D eigenvalue weighted by Gasteiger charge is -2.15. The lowest BCUT2D eigenvalue weighted by molar-refractivity contribution is 0.0669. The summed E-state index contributed by atoms with van der Waals surface area (Å²) >= 11 is 0. The standard InChI is InChI=1S/C18H22N2O5/c1-12-8-15(20-25-12)18(21)19-10-13-5-6-16(17(9-13)22-2)24-11-14-4-3-7-23-14/h5-6,8-9,14H,3-4,7,10-11H2,1-2H3,(H,19,21)/t14-/m1/s1. The molecule has 134 valence electrons. The summed E-state index contributed by atoms with van der Waals surface area (Å²) in [5.41, 5.74) is 1.16. The summed E-state index contributed by atoms with van der Waals surface area (Å²) in [5, 5.41) is 6.49. The van der Waals surface area contributed by atoms with Gasteiger partial charge in [-0.1, -0.05) is 11.2 Å². The van der Waals surface area contributed by atoms with Crippen LogP contribution in [-0.4, -0.2) is 37.5 Å². The molecule has 2 aromatic rings. The van der Waals surface area contributed by atoms with Crippen molar-refractivity contribution < 1.29 is 23.5 Å². The molecule has 1 aliphatic heterocycles. The van der Waals surface area contributed by atoms with Gasteiger partial charge in [-0.3, -0.25) is 4.79 Å². The summed E-state index contributed by atoms with van der Waals surface area (Å²) in [7, 11) is 1.59. The van der Waals surface area contributed by atoms with E-state index in [1.54, 1.807) is 20.1 Å². The zero-order valence-corrected chi connectivity index (χ0v) is 14.4. The molecule has 1 amide bonds.